The second-order valence-electron chi connectivity index (χ2n) is 9.74. The molecule has 0 atom stereocenters. The molecule has 6 rings (SSSR count). The maximum absolute atomic E-state index is 14.4. The molecular weight excluding hydrogens is 747 g/mol. The number of nitrogens with zero attached hydrogens (tertiary/aromatic N) is 3. The molecule has 10 nitrogen and oxygen atoms in total. The average Bonchev–Trinajstić information content (AvgIpc) is 3.06. The van der Waals surface area contributed by atoms with Crippen molar-refractivity contribution in [1.29, 1.82) is 0 Å². The minimum atomic E-state index is -3.22. The second kappa shape index (κ2) is 16.5. The molecule has 0 aliphatic heterocycles. The predicted octanol–water partition coefficient (Wildman–Crippen LogP) is 9.66. The van der Waals surface area contributed by atoms with E-state index in [2.05, 4.69) is 53.7 Å². The van der Waals surface area contributed by atoms with Gasteiger partial charge < -0.3 is 23.9 Å². The molecule has 0 aliphatic rings. The van der Waals surface area contributed by atoms with Gasteiger partial charge in [-0.1, -0.05) is 0 Å². The normalized spacial score (nSPS) is 10.8. The Balaban J connectivity index is 0.000000194. The van der Waals surface area contributed by atoms with E-state index in [-0.39, 0.29) is 5.28 Å². The Labute approximate surface area is 297 Å². The largest absolute Gasteiger partial charge is 0.497 e. The summed E-state index contributed by atoms with van der Waals surface area (Å²) in [5.41, 5.74) is 2.39. The Kier molecular flexibility index (Phi) is 12.7. The highest BCUT2D eigenvalue weighted by atomic mass is 36.0. The molecule has 256 valence electrons. The average molecular weight is 772 g/mol. The molecule has 0 saturated carbocycles. The fraction of sp³-hybridized carbons (Fsp3) is 0.125. The first-order valence-corrected chi connectivity index (χ1v) is 18.5. The van der Waals surface area contributed by atoms with Gasteiger partial charge in [0.15, 0.2) is 0 Å². The molecule has 2 heterocycles. The summed E-state index contributed by atoms with van der Waals surface area (Å²) in [6, 6.07) is 16.3. The number of hydrogen-bond donors (Lipinski definition) is 1. The lowest BCUT2D eigenvalue weighted by molar-refractivity contribution is 0.394. The van der Waals surface area contributed by atoms with Crippen LogP contribution >= 0.6 is 50.5 Å². The summed E-state index contributed by atoms with van der Waals surface area (Å²) in [4.78, 5) is 25.3. The van der Waals surface area contributed by atoms with Crippen LogP contribution in [-0.2, 0) is 4.57 Å². The summed E-state index contributed by atoms with van der Waals surface area (Å²) in [6.07, 6.45) is 2.97. The minimum Gasteiger partial charge on any atom is -0.497 e. The summed E-state index contributed by atoms with van der Waals surface area (Å²) in [7, 11) is 6.16. The van der Waals surface area contributed by atoms with E-state index in [4.69, 9.17) is 30.5 Å². The first-order valence-electron chi connectivity index (χ1n) is 13.7. The molecule has 1 N–H and O–H groups in total. The SMILES string of the molecule is COc1cc(OC)cc(-c2cc3cnc(=O)[nH]c3cc2F)c1.COc1cc(OC)cc(-c2cc3cnc(Cl)nc3cc2F)c1.O=P(Cl)(Cl)Cl. The number of H-pyrrole nitrogens is 1. The Hall–Kier alpha value is -4.19. The first-order chi connectivity index (χ1) is 23.2. The van der Waals surface area contributed by atoms with Crippen LogP contribution in [0.4, 0.5) is 8.78 Å². The van der Waals surface area contributed by atoms with E-state index in [9.17, 15) is 18.1 Å². The van der Waals surface area contributed by atoms with Crippen molar-refractivity contribution in [3.05, 3.63) is 100 Å². The summed E-state index contributed by atoms with van der Waals surface area (Å²) in [6.45, 7) is 0. The Morgan fingerprint density at radius 2 is 1.08 bits per heavy atom. The molecule has 0 bridgehead atoms. The Bertz CT molecular complexity index is 2190. The molecule has 6 aromatic rings. The number of aromatic nitrogens is 4. The zero-order chi connectivity index (χ0) is 35.9. The molecule has 0 fully saturated rings. The quantitative estimate of drug-likeness (QED) is 0.130. The van der Waals surface area contributed by atoms with Crippen molar-refractivity contribution in [2.24, 2.45) is 0 Å². The van der Waals surface area contributed by atoms with Crippen molar-refractivity contribution in [2.45, 2.75) is 0 Å². The molecule has 0 unspecified atom stereocenters. The molecule has 0 spiro atoms. The number of aromatic amines is 1. The topological polar surface area (TPSA) is 126 Å². The van der Waals surface area contributed by atoms with Crippen LogP contribution in [0.1, 0.15) is 0 Å². The smallest absolute Gasteiger partial charge is 0.345 e. The van der Waals surface area contributed by atoms with Gasteiger partial charge in [0, 0.05) is 52.5 Å². The highest BCUT2D eigenvalue weighted by molar-refractivity contribution is 8.24. The predicted molar refractivity (Wildman–Crippen MR) is 189 cm³/mol. The molecule has 0 radical (unpaired) electrons. The van der Waals surface area contributed by atoms with Gasteiger partial charge in [-0.2, -0.15) is 0 Å². The van der Waals surface area contributed by atoms with Gasteiger partial charge in [0.1, 0.15) is 34.6 Å². The second-order valence-corrected chi connectivity index (χ2v) is 16.7. The summed E-state index contributed by atoms with van der Waals surface area (Å²) in [5, 5.41) is -1.80. The van der Waals surface area contributed by atoms with Gasteiger partial charge in [-0.25, -0.2) is 28.5 Å². The number of methoxy groups -OCH3 is 4. The van der Waals surface area contributed by atoms with E-state index in [1.54, 1.807) is 68.9 Å². The van der Waals surface area contributed by atoms with Gasteiger partial charge in [0.2, 0.25) is 5.28 Å². The number of rotatable bonds is 6. The van der Waals surface area contributed by atoms with Crippen LogP contribution < -0.4 is 24.6 Å². The Morgan fingerprint density at radius 3 is 1.55 bits per heavy atom. The van der Waals surface area contributed by atoms with E-state index < -0.39 is 22.5 Å². The van der Waals surface area contributed by atoms with Gasteiger partial charge in [0.25, 0.3) is 0 Å². The number of hydrogen-bond acceptors (Lipinski definition) is 9. The van der Waals surface area contributed by atoms with Gasteiger partial charge in [-0.05, 0) is 98.9 Å². The molecule has 0 saturated heterocycles. The van der Waals surface area contributed by atoms with Crippen LogP contribution in [0.3, 0.4) is 0 Å². The summed E-state index contributed by atoms with van der Waals surface area (Å²) < 4.78 is 59.2. The van der Waals surface area contributed by atoms with Crippen LogP contribution in [0, 0.1) is 11.6 Å². The van der Waals surface area contributed by atoms with Crippen molar-refractivity contribution in [3.63, 3.8) is 0 Å². The van der Waals surface area contributed by atoms with E-state index in [1.807, 2.05) is 0 Å². The minimum absolute atomic E-state index is 0.0858. The van der Waals surface area contributed by atoms with E-state index in [0.717, 1.165) is 0 Å². The van der Waals surface area contributed by atoms with Crippen molar-refractivity contribution >= 4 is 72.3 Å². The van der Waals surface area contributed by atoms with Crippen LogP contribution in [0.5, 0.6) is 23.0 Å². The maximum atomic E-state index is 14.4. The number of halogens is 6. The van der Waals surface area contributed by atoms with Crippen LogP contribution in [0.25, 0.3) is 44.1 Å². The molecular formula is C32H25Cl4F2N4O6P. The van der Waals surface area contributed by atoms with Crippen molar-refractivity contribution in [3.8, 4) is 45.3 Å². The third kappa shape index (κ3) is 10.4. The van der Waals surface area contributed by atoms with Gasteiger partial charge in [0.05, 0.1) is 39.5 Å². The standard InChI is InChI=1S/C16H12ClFN2O2.C16H13FN2O3.Cl3OP/c1-21-11-3-9(4-12(6-11)22-2)13-5-10-8-19-16(17)20-15(10)7-14(13)18;1-21-11-3-9(4-12(6-11)22-2)13-5-10-8-18-16(20)19-15(10)7-14(13)17;1-5(2,3)4/h3-8H,1-2H3;3-8H,1-2H3,(H,18,19,20);. The molecule has 17 heteroatoms. The fourth-order valence-corrected chi connectivity index (χ4v) is 4.62. The van der Waals surface area contributed by atoms with E-state index >= 15 is 0 Å². The van der Waals surface area contributed by atoms with E-state index in [1.165, 1.54) is 32.5 Å². The highest BCUT2D eigenvalue weighted by Crippen LogP contribution is 2.61. The fourth-order valence-electron chi connectivity index (χ4n) is 4.48. The third-order valence-electron chi connectivity index (χ3n) is 6.67. The molecule has 0 amide bonds. The van der Waals surface area contributed by atoms with E-state index in [0.29, 0.717) is 67.1 Å². The monoisotopic (exact) mass is 770 g/mol. The lowest BCUT2D eigenvalue weighted by Gasteiger charge is -2.10. The lowest BCUT2D eigenvalue weighted by Crippen LogP contribution is -2.08. The zero-order valence-electron chi connectivity index (χ0n) is 25.9. The van der Waals surface area contributed by atoms with Crippen molar-refractivity contribution in [1.82, 2.24) is 19.9 Å². The van der Waals surface area contributed by atoms with Gasteiger partial charge in [-0.15, -0.1) is 0 Å². The maximum Gasteiger partial charge on any atom is 0.345 e. The zero-order valence-corrected chi connectivity index (χ0v) is 29.9. The van der Waals surface area contributed by atoms with Crippen LogP contribution in [0.15, 0.2) is 77.9 Å². The van der Waals surface area contributed by atoms with Gasteiger partial charge >= 0.3 is 10.9 Å². The molecule has 49 heavy (non-hydrogen) atoms. The molecule has 4 aromatic carbocycles. The number of fused-ring (bicyclic) bond motifs is 2. The highest BCUT2D eigenvalue weighted by Gasteiger charge is 2.13. The number of nitrogens with one attached hydrogen (secondary N) is 1. The van der Waals surface area contributed by atoms with Crippen molar-refractivity contribution < 1.29 is 32.3 Å². The summed E-state index contributed by atoms with van der Waals surface area (Å²) >= 11 is 19.6. The third-order valence-corrected chi connectivity index (χ3v) is 6.85. The van der Waals surface area contributed by atoms with Gasteiger partial charge in [-0.3, -0.25) is 4.57 Å². The summed E-state index contributed by atoms with van der Waals surface area (Å²) in [5.74, 6) is 1.44. The molecule has 2 aromatic heterocycles. The molecule has 0 aliphatic carbocycles. The number of benzene rings is 4. The van der Waals surface area contributed by atoms with Crippen LogP contribution in [-0.4, -0.2) is 48.4 Å². The number of ether oxygens (including phenoxy) is 4. The van der Waals surface area contributed by atoms with Crippen molar-refractivity contribution in [2.75, 3.05) is 28.4 Å². The first kappa shape index (κ1) is 37.6. The Morgan fingerprint density at radius 1 is 0.653 bits per heavy atom. The van der Waals surface area contributed by atoms with Crippen LogP contribution in [0.2, 0.25) is 5.28 Å². The lowest BCUT2D eigenvalue weighted by atomic mass is 10.0.